The van der Waals surface area contributed by atoms with Crippen molar-refractivity contribution in [3.63, 3.8) is 0 Å². The van der Waals surface area contributed by atoms with Crippen LogP contribution in [0, 0.1) is 0 Å². The standard InChI is InChI=1S/C15H15NO3S2/c1-3-20-15-13(11(17)8-9-21-15)14(18)16-10-6-4-5-7-12(10)19-2/h4-9H,3H2,1-2H3,(H,16,18). The Kier molecular flexibility index (Phi) is 5.41. The Hall–Kier alpha value is -1.79. The van der Waals surface area contributed by atoms with E-state index in [9.17, 15) is 9.59 Å². The molecule has 1 aromatic carbocycles. The van der Waals surface area contributed by atoms with Crippen LogP contribution >= 0.6 is 23.1 Å². The van der Waals surface area contributed by atoms with Gasteiger partial charge in [0.2, 0.25) is 0 Å². The lowest BCUT2D eigenvalue weighted by Crippen LogP contribution is -2.21. The number of hydrogen-bond donors (Lipinski definition) is 1. The first-order chi connectivity index (χ1) is 10.2. The molecule has 2 rings (SSSR count). The Bertz CT molecular complexity index is 697. The number of para-hydroxylation sites is 2. The van der Waals surface area contributed by atoms with Crippen LogP contribution in [0.2, 0.25) is 0 Å². The summed E-state index contributed by atoms with van der Waals surface area (Å²) in [5, 5.41) is 4.46. The Morgan fingerprint density at radius 3 is 2.81 bits per heavy atom. The number of thioether (sulfide) groups is 1. The zero-order chi connectivity index (χ0) is 15.2. The number of anilines is 1. The molecule has 0 saturated heterocycles. The number of carbonyl (C=O) groups excluding carboxylic acids is 1. The predicted molar refractivity (Wildman–Crippen MR) is 87.9 cm³/mol. The maximum atomic E-state index is 12.4. The first-order valence-electron chi connectivity index (χ1n) is 6.36. The minimum atomic E-state index is -0.405. The molecular weight excluding hydrogens is 306 g/mol. The fourth-order valence-corrected chi connectivity index (χ4v) is 3.79. The van der Waals surface area contributed by atoms with Crippen LogP contribution in [0.5, 0.6) is 5.75 Å². The normalized spacial score (nSPS) is 10.2. The second kappa shape index (κ2) is 7.28. The summed E-state index contributed by atoms with van der Waals surface area (Å²) in [5.41, 5.74) is 0.475. The minimum absolute atomic E-state index is 0.195. The SMILES string of the molecule is CCSc1sccc(=O)c1C(=O)Nc1ccccc1OC. The van der Waals surface area contributed by atoms with E-state index < -0.39 is 5.91 Å². The van der Waals surface area contributed by atoms with Gasteiger partial charge in [-0.2, -0.15) is 0 Å². The second-order valence-electron chi connectivity index (χ2n) is 4.03. The van der Waals surface area contributed by atoms with Crippen molar-refractivity contribution >= 4 is 34.7 Å². The fourth-order valence-electron chi connectivity index (χ4n) is 1.78. The smallest absolute Gasteiger partial charge is 0.261 e. The Labute approximate surface area is 131 Å². The molecule has 0 aliphatic rings. The third-order valence-corrected chi connectivity index (χ3v) is 4.79. The molecule has 0 aliphatic carbocycles. The van der Waals surface area contributed by atoms with Gasteiger partial charge in [0.25, 0.3) is 5.91 Å². The van der Waals surface area contributed by atoms with Crippen LogP contribution in [0.3, 0.4) is 0 Å². The molecule has 0 radical (unpaired) electrons. The van der Waals surface area contributed by atoms with Gasteiger partial charge >= 0.3 is 0 Å². The number of ether oxygens (including phenoxy) is 1. The van der Waals surface area contributed by atoms with Crippen molar-refractivity contribution in [2.45, 2.75) is 11.1 Å². The van der Waals surface area contributed by atoms with Crippen LogP contribution in [0.1, 0.15) is 17.3 Å². The highest BCUT2D eigenvalue weighted by atomic mass is 32.2. The molecule has 1 heterocycles. The Morgan fingerprint density at radius 2 is 2.10 bits per heavy atom. The molecule has 1 amide bonds. The number of amides is 1. The lowest BCUT2D eigenvalue weighted by molar-refractivity contribution is 0.102. The molecule has 0 saturated carbocycles. The van der Waals surface area contributed by atoms with Crippen molar-refractivity contribution in [1.29, 1.82) is 0 Å². The first kappa shape index (κ1) is 15.6. The van der Waals surface area contributed by atoms with Crippen molar-refractivity contribution in [1.82, 2.24) is 0 Å². The summed E-state index contributed by atoms with van der Waals surface area (Å²) in [6.45, 7) is 1.98. The van der Waals surface area contributed by atoms with E-state index in [0.29, 0.717) is 11.4 Å². The van der Waals surface area contributed by atoms with Gasteiger partial charge in [0.1, 0.15) is 11.3 Å². The summed E-state index contributed by atoms with van der Waals surface area (Å²) in [4.78, 5) is 24.4. The lowest BCUT2D eigenvalue weighted by atomic mass is 10.2. The highest BCUT2D eigenvalue weighted by Gasteiger charge is 2.17. The average molecular weight is 321 g/mol. The van der Waals surface area contributed by atoms with E-state index in [-0.39, 0.29) is 11.0 Å². The summed E-state index contributed by atoms with van der Waals surface area (Å²) in [5.74, 6) is 0.953. The van der Waals surface area contributed by atoms with E-state index in [1.54, 1.807) is 23.6 Å². The quantitative estimate of drug-likeness (QED) is 0.857. The van der Waals surface area contributed by atoms with Crippen LogP contribution in [0.25, 0.3) is 0 Å². The van der Waals surface area contributed by atoms with Crippen molar-refractivity contribution in [3.05, 3.63) is 51.5 Å². The Morgan fingerprint density at radius 1 is 1.33 bits per heavy atom. The van der Waals surface area contributed by atoms with Crippen LogP contribution < -0.4 is 15.5 Å². The summed E-state index contributed by atoms with van der Waals surface area (Å²) < 4.78 is 5.93. The summed E-state index contributed by atoms with van der Waals surface area (Å²) in [6.07, 6.45) is 0. The van der Waals surface area contributed by atoms with Gasteiger partial charge in [0.05, 0.1) is 17.0 Å². The molecule has 1 N–H and O–H groups in total. The van der Waals surface area contributed by atoms with E-state index >= 15 is 0 Å². The van der Waals surface area contributed by atoms with Crippen LogP contribution in [0.15, 0.2) is 44.7 Å². The molecule has 0 atom stereocenters. The maximum absolute atomic E-state index is 12.4. The molecular formula is C15H15NO3S2. The number of benzene rings is 1. The number of carbonyl (C=O) groups is 1. The van der Waals surface area contributed by atoms with Gasteiger partial charge in [0.15, 0.2) is 5.43 Å². The predicted octanol–water partition coefficient (Wildman–Crippen LogP) is 3.48. The number of nitrogens with one attached hydrogen (secondary N) is 1. The second-order valence-corrected chi connectivity index (χ2v) is 6.48. The molecule has 0 aliphatic heterocycles. The van der Waals surface area contributed by atoms with Crippen LogP contribution in [0.4, 0.5) is 5.69 Å². The van der Waals surface area contributed by atoms with Crippen LogP contribution in [-0.4, -0.2) is 18.8 Å². The molecule has 6 heteroatoms. The summed E-state index contributed by atoms with van der Waals surface area (Å²) in [6, 6.07) is 8.52. The van der Waals surface area contributed by atoms with Gasteiger partial charge in [-0.3, -0.25) is 9.59 Å². The maximum Gasteiger partial charge on any atom is 0.261 e. The van der Waals surface area contributed by atoms with Gasteiger partial charge in [-0.15, -0.1) is 23.1 Å². The van der Waals surface area contributed by atoms with Crippen LogP contribution in [-0.2, 0) is 0 Å². The molecule has 110 valence electrons. The minimum Gasteiger partial charge on any atom is -0.495 e. The van der Waals surface area contributed by atoms with Gasteiger partial charge in [0, 0.05) is 0 Å². The molecule has 0 fully saturated rings. The Balaban J connectivity index is 2.35. The molecule has 21 heavy (non-hydrogen) atoms. The molecule has 0 unspecified atom stereocenters. The molecule has 1 aromatic heterocycles. The monoisotopic (exact) mass is 321 g/mol. The molecule has 0 bridgehead atoms. The zero-order valence-corrected chi connectivity index (χ0v) is 13.3. The van der Waals surface area contributed by atoms with E-state index in [4.69, 9.17) is 4.74 Å². The van der Waals surface area contributed by atoms with E-state index in [1.165, 1.54) is 36.3 Å². The average Bonchev–Trinajstić information content (AvgIpc) is 2.48. The molecule has 4 nitrogen and oxygen atoms in total. The first-order valence-corrected chi connectivity index (χ1v) is 8.22. The fraction of sp³-hybridized carbons (Fsp3) is 0.200. The van der Waals surface area contributed by atoms with Crippen molar-refractivity contribution in [2.75, 3.05) is 18.2 Å². The van der Waals surface area contributed by atoms with Crippen molar-refractivity contribution in [2.24, 2.45) is 0 Å². The van der Waals surface area contributed by atoms with E-state index in [0.717, 1.165) is 9.96 Å². The third kappa shape index (κ3) is 3.65. The summed E-state index contributed by atoms with van der Waals surface area (Å²) >= 11 is 2.89. The number of rotatable bonds is 5. The lowest BCUT2D eigenvalue weighted by Gasteiger charge is -2.11. The highest BCUT2D eigenvalue weighted by molar-refractivity contribution is 8.01. The third-order valence-electron chi connectivity index (χ3n) is 2.70. The van der Waals surface area contributed by atoms with Crippen molar-refractivity contribution < 1.29 is 9.53 Å². The number of hydrogen-bond acceptors (Lipinski definition) is 5. The van der Waals surface area contributed by atoms with Crippen molar-refractivity contribution in [3.8, 4) is 5.75 Å². The number of methoxy groups -OCH3 is 1. The van der Waals surface area contributed by atoms with Gasteiger partial charge in [-0.1, -0.05) is 19.1 Å². The van der Waals surface area contributed by atoms with E-state index in [1.807, 2.05) is 13.0 Å². The summed E-state index contributed by atoms with van der Waals surface area (Å²) in [7, 11) is 1.53. The van der Waals surface area contributed by atoms with E-state index in [2.05, 4.69) is 5.32 Å². The van der Waals surface area contributed by atoms with Gasteiger partial charge < -0.3 is 10.1 Å². The largest absolute Gasteiger partial charge is 0.495 e. The zero-order valence-electron chi connectivity index (χ0n) is 11.7. The topological polar surface area (TPSA) is 55.4 Å². The van der Waals surface area contributed by atoms with Gasteiger partial charge in [-0.25, -0.2) is 0 Å². The van der Waals surface area contributed by atoms with Gasteiger partial charge in [-0.05, 0) is 29.3 Å². The molecule has 2 aromatic rings. The molecule has 0 spiro atoms. The highest BCUT2D eigenvalue weighted by Crippen LogP contribution is 2.27.